The fourth-order valence-corrected chi connectivity index (χ4v) is 4.15. The van der Waals surface area contributed by atoms with Gasteiger partial charge in [0.1, 0.15) is 0 Å². The zero-order valence-electron chi connectivity index (χ0n) is 12.6. The van der Waals surface area contributed by atoms with Crippen LogP contribution in [0.4, 0.5) is 0 Å². The third-order valence-electron chi connectivity index (χ3n) is 5.28. The lowest BCUT2D eigenvalue weighted by Crippen LogP contribution is -2.45. The summed E-state index contributed by atoms with van der Waals surface area (Å²) in [6.07, 6.45) is 8.88. The number of nitrogens with one attached hydrogen (secondary N) is 1. The van der Waals surface area contributed by atoms with Crippen molar-refractivity contribution >= 4 is 0 Å². The molecule has 1 aromatic rings. The van der Waals surface area contributed by atoms with Crippen LogP contribution in [0.15, 0.2) is 30.3 Å². The van der Waals surface area contributed by atoms with Crippen LogP contribution < -0.4 is 5.32 Å². The molecule has 2 nitrogen and oxygen atoms in total. The van der Waals surface area contributed by atoms with Crippen LogP contribution in [0.5, 0.6) is 0 Å². The van der Waals surface area contributed by atoms with Crippen molar-refractivity contribution in [1.29, 1.82) is 0 Å². The maximum atomic E-state index is 6.17. The van der Waals surface area contributed by atoms with Crippen LogP contribution in [0, 0.1) is 5.92 Å². The van der Waals surface area contributed by atoms with Gasteiger partial charge in [-0.3, -0.25) is 0 Å². The minimum Gasteiger partial charge on any atom is -0.375 e. The first kappa shape index (κ1) is 14.1. The molecule has 2 atom stereocenters. The molecule has 20 heavy (non-hydrogen) atoms. The Labute approximate surface area is 122 Å². The third-order valence-corrected chi connectivity index (χ3v) is 5.28. The Balaban J connectivity index is 1.66. The largest absolute Gasteiger partial charge is 0.375 e. The average Bonchev–Trinajstić information content (AvgIpc) is 2.93. The summed E-state index contributed by atoms with van der Waals surface area (Å²) >= 11 is 0. The molecule has 1 aliphatic carbocycles. The molecular weight excluding hydrogens is 246 g/mol. The van der Waals surface area contributed by atoms with E-state index in [1.807, 2.05) is 0 Å². The van der Waals surface area contributed by atoms with Crippen molar-refractivity contribution in [3.8, 4) is 0 Å². The topological polar surface area (TPSA) is 21.3 Å². The number of hydrogen-bond acceptors (Lipinski definition) is 2. The highest BCUT2D eigenvalue weighted by molar-refractivity contribution is 5.16. The monoisotopic (exact) mass is 273 g/mol. The van der Waals surface area contributed by atoms with Crippen molar-refractivity contribution in [2.24, 2.45) is 5.92 Å². The first-order chi connectivity index (χ1) is 9.81. The molecule has 3 rings (SSSR count). The number of likely N-dealkylation sites (N-methyl/N-ethyl adjacent to an activating group) is 1. The molecule has 0 radical (unpaired) electrons. The van der Waals surface area contributed by atoms with Crippen molar-refractivity contribution in [2.45, 2.75) is 56.6 Å². The Morgan fingerprint density at radius 2 is 2.00 bits per heavy atom. The zero-order valence-corrected chi connectivity index (χ0v) is 12.6. The molecule has 1 saturated carbocycles. The first-order valence-electron chi connectivity index (χ1n) is 8.16. The Morgan fingerprint density at radius 1 is 1.25 bits per heavy atom. The second-order valence-corrected chi connectivity index (χ2v) is 6.58. The van der Waals surface area contributed by atoms with Crippen LogP contribution in [0.1, 0.15) is 44.1 Å². The predicted molar refractivity (Wildman–Crippen MR) is 82.9 cm³/mol. The standard InChI is InChI=1S/C18H27NO/c1-19-17(13-15-7-3-2-4-8-15)16-9-12-20-18(14-16)10-5-6-11-18/h2-4,7-8,16-17,19H,5-6,9-14H2,1H3. The minimum absolute atomic E-state index is 0.231. The molecule has 1 aliphatic heterocycles. The van der Waals surface area contributed by atoms with Gasteiger partial charge in [0.05, 0.1) is 5.60 Å². The molecule has 2 fully saturated rings. The molecule has 0 bridgehead atoms. The summed E-state index contributed by atoms with van der Waals surface area (Å²) in [5.41, 5.74) is 1.67. The van der Waals surface area contributed by atoms with Crippen molar-refractivity contribution in [1.82, 2.24) is 5.32 Å². The van der Waals surface area contributed by atoms with Crippen LogP contribution >= 0.6 is 0 Å². The van der Waals surface area contributed by atoms with Gasteiger partial charge in [0, 0.05) is 12.6 Å². The Hall–Kier alpha value is -0.860. The fraction of sp³-hybridized carbons (Fsp3) is 0.667. The molecule has 0 amide bonds. The second-order valence-electron chi connectivity index (χ2n) is 6.58. The maximum absolute atomic E-state index is 6.17. The van der Waals surface area contributed by atoms with Gasteiger partial charge in [-0.05, 0) is 50.6 Å². The minimum atomic E-state index is 0.231. The van der Waals surface area contributed by atoms with E-state index in [1.165, 1.54) is 44.1 Å². The number of rotatable bonds is 4. The van der Waals surface area contributed by atoms with E-state index in [0.29, 0.717) is 6.04 Å². The van der Waals surface area contributed by atoms with Crippen LogP contribution in [0.3, 0.4) is 0 Å². The molecule has 2 heteroatoms. The van der Waals surface area contributed by atoms with Gasteiger partial charge in [-0.15, -0.1) is 0 Å². The Morgan fingerprint density at radius 3 is 2.70 bits per heavy atom. The quantitative estimate of drug-likeness (QED) is 0.905. The van der Waals surface area contributed by atoms with Crippen LogP contribution in [0.25, 0.3) is 0 Å². The summed E-state index contributed by atoms with van der Waals surface area (Å²) in [5, 5.41) is 3.57. The van der Waals surface area contributed by atoms with Gasteiger partial charge < -0.3 is 10.1 Å². The highest BCUT2D eigenvalue weighted by Gasteiger charge is 2.41. The molecule has 2 unspecified atom stereocenters. The number of ether oxygens (including phenoxy) is 1. The lowest BCUT2D eigenvalue weighted by Gasteiger charge is -2.41. The molecule has 0 aromatic heterocycles. The Bertz CT molecular complexity index is 411. The van der Waals surface area contributed by atoms with Crippen molar-refractivity contribution in [2.75, 3.05) is 13.7 Å². The van der Waals surface area contributed by atoms with Gasteiger partial charge in [-0.25, -0.2) is 0 Å². The van der Waals surface area contributed by atoms with E-state index in [9.17, 15) is 0 Å². The molecular formula is C18H27NO. The fourth-order valence-electron chi connectivity index (χ4n) is 4.15. The van der Waals surface area contributed by atoms with E-state index < -0.39 is 0 Å². The van der Waals surface area contributed by atoms with E-state index in [2.05, 4.69) is 42.7 Å². The molecule has 1 N–H and O–H groups in total. The molecule has 1 heterocycles. The van der Waals surface area contributed by atoms with Crippen LogP contribution in [-0.2, 0) is 11.2 Å². The lowest BCUT2D eigenvalue weighted by atomic mass is 9.79. The van der Waals surface area contributed by atoms with E-state index in [1.54, 1.807) is 0 Å². The second kappa shape index (κ2) is 6.28. The third kappa shape index (κ3) is 3.07. The van der Waals surface area contributed by atoms with Crippen LogP contribution in [-0.4, -0.2) is 25.3 Å². The van der Waals surface area contributed by atoms with Crippen molar-refractivity contribution in [3.63, 3.8) is 0 Å². The molecule has 1 aromatic carbocycles. The average molecular weight is 273 g/mol. The molecule has 110 valence electrons. The van der Waals surface area contributed by atoms with Gasteiger partial charge >= 0.3 is 0 Å². The van der Waals surface area contributed by atoms with E-state index in [-0.39, 0.29) is 5.60 Å². The SMILES string of the molecule is CNC(Cc1ccccc1)C1CCOC2(CCCC2)C1. The maximum Gasteiger partial charge on any atom is 0.0685 e. The molecule has 1 spiro atoms. The summed E-state index contributed by atoms with van der Waals surface area (Å²) in [6, 6.07) is 11.5. The first-order valence-corrected chi connectivity index (χ1v) is 8.16. The van der Waals surface area contributed by atoms with Gasteiger partial charge in [-0.1, -0.05) is 43.2 Å². The summed E-state index contributed by atoms with van der Waals surface area (Å²) in [7, 11) is 2.12. The van der Waals surface area contributed by atoms with Gasteiger partial charge in [0.15, 0.2) is 0 Å². The van der Waals surface area contributed by atoms with Gasteiger partial charge in [0.2, 0.25) is 0 Å². The van der Waals surface area contributed by atoms with Crippen LogP contribution in [0.2, 0.25) is 0 Å². The van der Waals surface area contributed by atoms with E-state index >= 15 is 0 Å². The highest BCUT2D eigenvalue weighted by atomic mass is 16.5. The molecule has 1 saturated heterocycles. The normalized spacial score (nSPS) is 26.8. The smallest absolute Gasteiger partial charge is 0.0685 e. The Kier molecular flexibility index (Phi) is 4.42. The van der Waals surface area contributed by atoms with Gasteiger partial charge in [0.25, 0.3) is 0 Å². The van der Waals surface area contributed by atoms with Crippen molar-refractivity contribution in [3.05, 3.63) is 35.9 Å². The number of benzene rings is 1. The van der Waals surface area contributed by atoms with Gasteiger partial charge in [-0.2, -0.15) is 0 Å². The molecule has 2 aliphatic rings. The highest BCUT2D eigenvalue weighted by Crippen LogP contribution is 2.43. The number of hydrogen-bond donors (Lipinski definition) is 1. The summed E-state index contributed by atoms with van der Waals surface area (Å²) < 4.78 is 6.17. The van der Waals surface area contributed by atoms with E-state index in [4.69, 9.17) is 4.74 Å². The van der Waals surface area contributed by atoms with E-state index in [0.717, 1.165) is 18.9 Å². The summed E-state index contributed by atoms with van der Waals surface area (Å²) in [5.74, 6) is 0.757. The predicted octanol–water partition coefficient (Wildman–Crippen LogP) is 3.56. The summed E-state index contributed by atoms with van der Waals surface area (Å²) in [4.78, 5) is 0. The van der Waals surface area contributed by atoms with Crippen molar-refractivity contribution < 1.29 is 4.74 Å². The summed E-state index contributed by atoms with van der Waals surface area (Å²) in [6.45, 7) is 0.956. The zero-order chi connectivity index (χ0) is 13.8. The lowest BCUT2D eigenvalue weighted by molar-refractivity contribution is -0.0975.